The van der Waals surface area contributed by atoms with Crippen molar-refractivity contribution in [2.24, 2.45) is 0 Å². The summed E-state index contributed by atoms with van der Waals surface area (Å²) in [5, 5.41) is 17.5. The van der Waals surface area contributed by atoms with Crippen molar-refractivity contribution in [2.75, 3.05) is 6.61 Å². The molecule has 0 aromatic heterocycles. The summed E-state index contributed by atoms with van der Waals surface area (Å²) >= 11 is 0. The average Bonchev–Trinajstić information content (AvgIpc) is 2.45. The fourth-order valence-electron chi connectivity index (χ4n) is 1.70. The molecule has 14 heavy (non-hydrogen) atoms. The van der Waals surface area contributed by atoms with E-state index < -0.39 is 5.60 Å². The molecule has 2 nitrogen and oxygen atoms in total. The van der Waals surface area contributed by atoms with E-state index in [4.69, 9.17) is 5.11 Å². The van der Waals surface area contributed by atoms with Crippen molar-refractivity contribution in [2.45, 2.75) is 58.5 Å². The van der Waals surface area contributed by atoms with E-state index in [2.05, 4.69) is 13.8 Å². The van der Waals surface area contributed by atoms with Gasteiger partial charge >= 0.3 is 0 Å². The first kappa shape index (κ1) is 13.7. The van der Waals surface area contributed by atoms with Gasteiger partial charge in [-0.05, 0) is 33.1 Å². The summed E-state index contributed by atoms with van der Waals surface area (Å²) in [7, 11) is 0. The number of rotatable bonds is 3. The summed E-state index contributed by atoms with van der Waals surface area (Å²) in [5.74, 6) is 0. The number of allylic oxidation sites excluding steroid dienone is 1. The van der Waals surface area contributed by atoms with Gasteiger partial charge in [0.15, 0.2) is 0 Å². The minimum atomic E-state index is -0.444. The van der Waals surface area contributed by atoms with Gasteiger partial charge in [-0.1, -0.05) is 31.4 Å². The van der Waals surface area contributed by atoms with Gasteiger partial charge in [0.05, 0.1) is 5.60 Å². The van der Waals surface area contributed by atoms with Crippen molar-refractivity contribution < 1.29 is 10.2 Å². The molecule has 0 saturated carbocycles. The van der Waals surface area contributed by atoms with Gasteiger partial charge in [-0.15, -0.1) is 0 Å². The Morgan fingerprint density at radius 2 is 2.00 bits per heavy atom. The zero-order valence-corrected chi connectivity index (χ0v) is 9.71. The lowest BCUT2D eigenvalue weighted by Crippen LogP contribution is -2.22. The fraction of sp³-hybridized carbons (Fsp3) is 0.833. The maximum atomic E-state index is 9.92. The highest BCUT2D eigenvalue weighted by atomic mass is 16.3. The summed E-state index contributed by atoms with van der Waals surface area (Å²) in [6.45, 7) is 6.19. The second-order valence-electron chi connectivity index (χ2n) is 4.01. The lowest BCUT2D eigenvalue weighted by molar-refractivity contribution is 0.0790. The van der Waals surface area contributed by atoms with E-state index in [-0.39, 0.29) is 6.61 Å². The molecular formula is C12H24O2. The molecule has 84 valence electrons. The third-order valence-electron chi connectivity index (χ3n) is 2.43. The summed E-state index contributed by atoms with van der Waals surface area (Å²) in [6.07, 6.45) is 7.33. The van der Waals surface area contributed by atoms with E-state index in [0.29, 0.717) is 0 Å². The lowest BCUT2D eigenvalue weighted by Gasteiger charge is -2.19. The Morgan fingerprint density at radius 3 is 2.36 bits per heavy atom. The summed E-state index contributed by atoms with van der Waals surface area (Å²) in [5.41, 5.74) is 0.906. The predicted molar refractivity (Wildman–Crippen MR) is 60.2 cm³/mol. The van der Waals surface area contributed by atoms with Crippen molar-refractivity contribution in [3.63, 3.8) is 0 Å². The zero-order chi connectivity index (χ0) is 11.0. The lowest BCUT2D eigenvalue weighted by atomic mass is 9.97. The Balaban J connectivity index is 0.000000500. The number of aliphatic hydroxyl groups is 2. The Hall–Kier alpha value is -0.340. The maximum Gasteiger partial charge on any atom is 0.0833 e. The third kappa shape index (κ3) is 5.40. The van der Waals surface area contributed by atoms with Crippen LogP contribution in [-0.4, -0.2) is 22.4 Å². The molecule has 0 amide bonds. The first-order valence-electron chi connectivity index (χ1n) is 5.59. The van der Waals surface area contributed by atoms with Crippen LogP contribution in [0, 0.1) is 0 Å². The number of hydrogen-bond donors (Lipinski definition) is 2. The van der Waals surface area contributed by atoms with Crippen LogP contribution in [0.1, 0.15) is 52.9 Å². The molecule has 2 heteroatoms. The summed E-state index contributed by atoms with van der Waals surface area (Å²) in [4.78, 5) is 0. The molecule has 0 heterocycles. The first-order valence-corrected chi connectivity index (χ1v) is 5.59. The monoisotopic (exact) mass is 200 g/mol. The van der Waals surface area contributed by atoms with Gasteiger partial charge in [-0.3, -0.25) is 0 Å². The predicted octanol–water partition coefficient (Wildman–Crippen LogP) is 2.65. The molecule has 0 radical (unpaired) electrons. The molecule has 0 aliphatic heterocycles. The van der Waals surface area contributed by atoms with Gasteiger partial charge in [0, 0.05) is 6.61 Å². The van der Waals surface area contributed by atoms with E-state index in [1.54, 1.807) is 6.92 Å². The second-order valence-corrected chi connectivity index (χ2v) is 4.01. The molecule has 1 rings (SSSR count). The van der Waals surface area contributed by atoms with Crippen LogP contribution in [0.15, 0.2) is 11.6 Å². The van der Waals surface area contributed by atoms with E-state index in [9.17, 15) is 5.11 Å². The first-order chi connectivity index (χ1) is 6.58. The van der Waals surface area contributed by atoms with E-state index in [1.807, 2.05) is 6.08 Å². The third-order valence-corrected chi connectivity index (χ3v) is 2.43. The summed E-state index contributed by atoms with van der Waals surface area (Å²) in [6, 6.07) is 0. The highest BCUT2D eigenvalue weighted by molar-refractivity contribution is 5.16. The van der Waals surface area contributed by atoms with Gasteiger partial charge in [-0.2, -0.15) is 0 Å². The largest absolute Gasteiger partial charge is 0.397 e. The van der Waals surface area contributed by atoms with Gasteiger partial charge in [0.1, 0.15) is 0 Å². The van der Waals surface area contributed by atoms with Crippen LogP contribution in [0.5, 0.6) is 0 Å². The number of unbranched alkanes of at least 4 members (excludes halogenated alkanes) is 1. The van der Waals surface area contributed by atoms with Crippen LogP contribution in [0.2, 0.25) is 0 Å². The van der Waals surface area contributed by atoms with Crippen molar-refractivity contribution in [1.29, 1.82) is 0 Å². The smallest absolute Gasteiger partial charge is 0.0833 e. The topological polar surface area (TPSA) is 40.5 Å². The highest BCUT2D eigenvalue weighted by Gasteiger charge is 2.27. The highest BCUT2D eigenvalue weighted by Crippen LogP contribution is 2.31. The van der Waals surface area contributed by atoms with Gasteiger partial charge in [0.2, 0.25) is 0 Å². The fourth-order valence-corrected chi connectivity index (χ4v) is 1.70. The molecule has 0 fully saturated rings. The maximum absolute atomic E-state index is 9.92. The standard InChI is InChI=1S/C10H18O.C2H6O/c1-3-4-6-10(11)7-5-9(2)8-10;1-2-3/h8,11H,3-7H2,1-2H3;3H,2H2,1H3. The van der Waals surface area contributed by atoms with Crippen molar-refractivity contribution >= 4 is 0 Å². The molecule has 0 aromatic rings. The van der Waals surface area contributed by atoms with Crippen molar-refractivity contribution in [3.05, 3.63) is 11.6 Å². The second kappa shape index (κ2) is 7.02. The van der Waals surface area contributed by atoms with Crippen LogP contribution in [-0.2, 0) is 0 Å². The minimum Gasteiger partial charge on any atom is -0.397 e. The van der Waals surface area contributed by atoms with Gasteiger partial charge in [0.25, 0.3) is 0 Å². The van der Waals surface area contributed by atoms with Crippen molar-refractivity contribution in [1.82, 2.24) is 0 Å². The summed E-state index contributed by atoms with van der Waals surface area (Å²) < 4.78 is 0. The van der Waals surface area contributed by atoms with Gasteiger partial charge in [-0.25, -0.2) is 0 Å². The zero-order valence-electron chi connectivity index (χ0n) is 9.71. The Labute approximate surface area is 87.7 Å². The number of aliphatic hydroxyl groups excluding tert-OH is 1. The Bertz CT molecular complexity index is 175. The van der Waals surface area contributed by atoms with E-state index >= 15 is 0 Å². The van der Waals surface area contributed by atoms with Crippen LogP contribution < -0.4 is 0 Å². The normalized spacial score (nSPS) is 25.4. The molecule has 0 bridgehead atoms. The van der Waals surface area contributed by atoms with Crippen LogP contribution in [0.25, 0.3) is 0 Å². The van der Waals surface area contributed by atoms with Crippen molar-refractivity contribution in [3.8, 4) is 0 Å². The molecule has 0 aromatic carbocycles. The van der Waals surface area contributed by atoms with E-state index in [1.165, 1.54) is 12.0 Å². The Kier molecular flexibility index (Phi) is 6.85. The molecule has 0 spiro atoms. The van der Waals surface area contributed by atoms with Crippen LogP contribution >= 0.6 is 0 Å². The van der Waals surface area contributed by atoms with Gasteiger partial charge < -0.3 is 10.2 Å². The molecule has 1 aliphatic rings. The molecule has 1 unspecified atom stereocenters. The molecule has 2 N–H and O–H groups in total. The van der Waals surface area contributed by atoms with Crippen LogP contribution in [0.3, 0.4) is 0 Å². The van der Waals surface area contributed by atoms with E-state index in [0.717, 1.165) is 25.7 Å². The quantitative estimate of drug-likeness (QED) is 0.688. The Morgan fingerprint density at radius 1 is 1.43 bits per heavy atom. The molecule has 1 aliphatic carbocycles. The SMILES string of the molecule is CCCCC1(O)C=C(C)CC1.CCO. The number of hydrogen-bond acceptors (Lipinski definition) is 2. The molecule has 1 atom stereocenters. The molecule has 0 saturated heterocycles. The molecular weight excluding hydrogens is 176 g/mol. The van der Waals surface area contributed by atoms with Crippen LogP contribution in [0.4, 0.5) is 0 Å². The average molecular weight is 200 g/mol. The minimum absolute atomic E-state index is 0.250.